The topological polar surface area (TPSA) is 0 Å². The van der Waals surface area contributed by atoms with E-state index < -0.39 is 0 Å². The van der Waals surface area contributed by atoms with E-state index in [9.17, 15) is 0 Å². The van der Waals surface area contributed by atoms with Gasteiger partial charge < -0.3 is 0 Å². The van der Waals surface area contributed by atoms with Gasteiger partial charge in [-0.25, -0.2) is 0 Å². The van der Waals surface area contributed by atoms with Gasteiger partial charge in [0.1, 0.15) is 0 Å². The summed E-state index contributed by atoms with van der Waals surface area (Å²) in [5.41, 5.74) is 12.3. The molecule has 4 saturated carbocycles. The van der Waals surface area contributed by atoms with Crippen LogP contribution in [-0.2, 0) is 44.9 Å². The fourth-order valence-electron chi connectivity index (χ4n) is 13.8. The molecular weight excluding hydrogens is 1570 g/mol. The molecule has 0 spiro atoms. The molecule has 11 aliphatic rings. The van der Waals surface area contributed by atoms with E-state index in [1.165, 1.54) is 240 Å². The minimum absolute atomic E-state index is 1.12. The highest BCUT2D eigenvalue weighted by Crippen LogP contribution is 2.40. The first kappa shape index (κ1) is 162. The van der Waals surface area contributed by atoms with Crippen molar-refractivity contribution < 1.29 is 0 Å². The summed E-state index contributed by atoms with van der Waals surface area (Å²) in [6, 6.07) is 51.5. The minimum Gasteiger partial charge on any atom is -0.0885 e. The number of allylic oxidation sites excluding steroid dienone is 11. The van der Waals surface area contributed by atoms with Crippen LogP contribution in [0.3, 0.4) is 0 Å². The monoisotopic (exact) mass is 1820 g/mol. The Morgan fingerprint density at radius 2 is 0.336 bits per heavy atom. The van der Waals surface area contributed by atoms with Crippen LogP contribution >= 0.6 is 0 Å². The summed E-state index contributed by atoms with van der Waals surface area (Å²) < 4.78 is 0. The molecule has 0 atom stereocenters. The Bertz CT molecular complexity index is 2590. The Balaban J connectivity index is -0.0000000764. The van der Waals surface area contributed by atoms with Crippen LogP contribution in [0.15, 0.2) is 212 Å². The summed E-state index contributed by atoms with van der Waals surface area (Å²) in [6.45, 7) is 88.0. The van der Waals surface area contributed by atoms with Crippen molar-refractivity contribution in [2.24, 2.45) is 11.8 Å². The number of fused-ring (bicyclic) bond motifs is 6. The molecule has 0 unspecified atom stereocenters. The zero-order chi connectivity index (χ0) is 104. The van der Waals surface area contributed by atoms with Gasteiger partial charge in [0.25, 0.3) is 0 Å². The lowest BCUT2D eigenvalue weighted by molar-refractivity contribution is 0.171. The van der Waals surface area contributed by atoms with Gasteiger partial charge in [0, 0.05) is 0 Å². The van der Waals surface area contributed by atoms with E-state index in [0.29, 0.717) is 0 Å². The van der Waals surface area contributed by atoms with Gasteiger partial charge in [-0.3, -0.25) is 0 Å². The normalized spacial score (nSPS) is 14.1. The van der Waals surface area contributed by atoms with E-state index >= 15 is 0 Å². The van der Waals surface area contributed by atoms with Gasteiger partial charge in [-0.05, 0) is 196 Å². The fraction of sp³-hybridized carbons (Fsp3) is 0.649. The Kier molecular flexibility index (Phi) is 210. The molecule has 0 saturated heterocycles. The second-order valence-electron chi connectivity index (χ2n) is 25.8. The molecular formula is C131H248. The van der Waals surface area contributed by atoms with Crippen molar-refractivity contribution >= 4 is 16.8 Å². The van der Waals surface area contributed by atoms with Crippen molar-refractivity contribution in [2.75, 3.05) is 0 Å². The SMILES string of the molecule is C1=CCCC=C1.C1=CCCC=C1.C1=CCCCC1.C1=Cc2ccccc2C1.C1CCC2CCCCC2C1.C1CCCC1.C1CCCCC1.CC.CC.CC.CC.CC.CC.CC.CC.CC.CC.CC.CC.CC.CC.CC.CC.CC.CC.CC.CC.CC.CC.c1ccc2c(c1)CCC2.c1ccc2c(c1)CCCC2.c1ccc2c(c1)CCCC2.c1ccc2ccccc2c1. The molecule has 772 valence electrons. The second kappa shape index (κ2) is 170. The van der Waals surface area contributed by atoms with Gasteiger partial charge in [0.05, 0.1) is 0 Å². The molecule has 0 aromatic heterocycles. The van der Waals surface area contributed by atoms with E-state index in [-0.39, 0.29) is 0 Å². The Hall–Kier alpha value is -5.98. The molecule has 11 aliphatic carbocycles. The smallest absolute Gasteiger partial charge is 0.00882 e. The van der Waals surface area contributed by atoms with Gasteiger partial charge in [0.2, 0.25) is 0 Å². The molecule has 0 aliphatic heterocycles. The molecule has 0 nitrogen and oxygen atoms in total. The third kappa shape index (κ3) is 111. The highest BCUT2D eigenvalue weighted by molar-refractivity contribution is 5.82. The predicted molar refractivity (Wildman–Crippen MR) is 635 cm³/mol. The van der Waals surface area contributed by atoms with E-state index in [4.69, 9.17) is 0 Å². The molecule has 131 heavy (non-hydrogen) atoms. The zero-order valence-electron chi connectivity index (χ0n) is 98.5. The van der Waals surface area contributed by atoms with Crippen molar-refractivity contribution in [1.82, 2.24) is 0 Å². The van der Waals surface area contributed by atoms with Gasteiger partial charge in [-0.2, -0.15) is 0 Å². The molecule has 0 heteroatoms. The maximum Gasteiger partial charge on any atom is -0.00882 e. The van der Waals surface area contributed by atoms with Gasteiger partial charge in [0.15, 0.2) is 0 Å². The molecule has 17 rings (SSSR count). The maximum absolute atomic E-state index is 2.27. The van der Waals surface area contributed by atoms with Crippen molar-refractivity contribution in [3.63, 3.8) is 0 Å². The van der Waals surface area contributed by atoms with Gasteiger partial charge >= 0.3 is 0 Å². The first-order valence-electron chi connectivity index (χ1n) is 58.0. The largest absolute Gasteiger partial charge is 0.0885 e. The third-order valence-electron chi connectivity index (χ3n) is 19.0. The molecule has 0 heterocycles. The predicted octanol–water partition coefficient (Wildman–Crippen LogP) is 48.5. The van der Waals surface area contributed by atoms with Crippen molar-refractivity contribution in [3.8, 4) is 0 Å². The van der Waals surface area contributed by atoms with Crippen LogP contribution in [0.5, 0.6) is 0 Å². The van der Waals surface area contributed by atoms with Crippen LogP contribution in [0.2, 0.25) is 0 Å². The number of aryl methyl sites for hydroxylation is 6. The summed E-state index contributed by atoms with van der Waals surface area (Å²) in [5, 5.41) is 2.62. The summed E-state index contributed by atoms with van der Waals surface area (Å²) in [6.07, 6.45) is 81.1. The van der Waals surface area contributed by atoms with Crippen LogP contribution in [0.4, 0.5) is 0 Å². The molecule has 6 aromatic carbocycles. The van der Waals surface area contributed by atoms with E-state index in [0.717, 1.165) is 18.3 Å². The molecule has 0 radical (unpaired) electrons. The van der Waals surface area contributed by atoms with Gasteiger partial charge in [-0.1, -0.05) is 645 Å². The number of benzene rings is 6. The second-order valence-corrected chi connectivity index (χ2v) is 25.8. The summed E-state index contributed by atoms with van der Waals surface area (Å²) >= 11 is 0. The highest BCUT2D eigenvalue weighted by atomic mass is 14.3. The summed E-state index contributed by atoms with van der Waals surface area (Å²) in [4.78, 5) is 0. The number of rotatable bonds is 0. The Morgan fingerprint density at radius 3 is 0.511 bits per heavy atom. The lowest BCUT2D eigenvalue weighted by atomic mass is 9.71. The highest BCUT2D eigenvalue weighted by Gasteiger charge is 2.27. The van der Waals surface area contributed by atoms with Crippen LogP contribution in [-0.4, -0.2) is 0 Å². The average molecular weight is 1820 g/mol. The number of hydrogen-bond acceptors (Lipinski definition) is 0. The van der Waals surface area contributed by atoms with E-state index in [1.807, 2.05) is 305 Å². The molecule has 6 aromatic rings. The fourth-order valence-corrected chi connectivity index (χ4v) is 13.8. The van der Waals surface area contributed by atoms with Crippen LogP contribution in [0, 0.1) is 11.8 Å². The van der Waals surface area contributed by atoms with Crippen LogP contribution in [0.25, 0.3) is 16.8 Å². The van der Waals surface area contributed by atoms with Crippen molar-refractivity contribution in [1.29, 1.82) is 0 Å². The van der Waals surface area contributed by atoms with E-state index in [1.54, 1.807) is 59.1 Å². The van der Waals surface area contributed by atoms with Crippen molar-refractivity contribution in [3.05, 3.63) is 257 Å². The van der Waals surface area contributed by atoms with Crippen molar-refractivity contribution in [2.45, 2.75) is 555 Å². The lowest BCUT2D eigenvalue weighted by Gasteiger charge is -2.35. The first-order valence-corrected chi connectivity index (χ1v) is 58.0. The minimum atomic E-state index is 1.12. The Morgan fingerprint density at radius 1 is 0.153 bits per heavy atom. The first-order chi connectivity index (χ1) is 65.3. The quantitative estimate of drug-likeness (QED) is 0.133. The molecule has 0 N–H and O–H groups in total. The molecule has 0 bridgehead atoms. The lowest BCUT2D eigenvalue weighted by Crippen LogP contribution is -2.22. The molecule has 4 fully saturated rings. The molecule has 0 amide bonds. The Labute approximate surface area is 835 Å². The van der Waals surface area contributed by atoms with Crippen LogP contribution in [0.1, 0.15) is 555 Å². The standard InChI is InChI=1S/C10H18.2C10H12.C10H8.C9H10.C9H8.C6H12.C6H10.2C6H8.C5H10.22C2H6/c4*1-2-6-10-8-4-3-7-9(10)5-1;2*1-2-5-9-7-3-6-8(9)4-1;4*1-2-4-6-5-3-1;1-2-4-5-3-1;22*1-2/h9-10H,1-8H2;2*1-2,5-6H,3-4,7-8H2;1-8H;1-2,4-5H,3,6-7H2;1-6H,7H2;1-6H2;1-2H,3-6H2;2*1-4H,5-6H2;1-5H2;22*1-2H3. The summed E-state index contributed by atoms with van der Waals surface area (Å²) in [5.74, 6) is 2.31. The van der Waals surface area contributed by atoms with E-state index in [2.05, 4.69) is 219 Å². The van der Waals surface area contributed by atoms with Gasteiger partial charge in [-0.15, -0.1) is 0 Å². The third-order valence-corrected chi connectivity index (χ3v) is 19.0. The maximum atomic E-state index is 2.27. The zero-order valence-corrected chi connectivity index (χ0v) is 98.5. The average Bonchev–Trinajstić information content (AvgIpc) is 1.77. The number of hydrogen-bond donors (Lipinski definition) is 0. The van der Waals surface area contributed by atoms with Crippen LogP contribution < -0.4 is 0 Å². The summed E-state index contributed by atoms with van der Waals surface area (Å²) in [7, 11) is 0.